The molecule has 0 spiro atoms. The van der Waals surface area contributed by atoms with Gasteiger partial charge in [0, 0.05) is 7.11 Å². The van der Waals surface area contributed by atoms with Crippen molar-refractivity contribution >= 4 is 23.5 Å². The lowest BCUT2D eigenvalue weighted by molar-refractivity contribution is -0.148. The van der Waals surface area contributed by atoms with Gasteiger partial charge in [0.1, 0.15) is 13.2 Å². The summed E-state index contributed by atoms with van der Waals surface area (Å²) >= 11 is 6.09. The molecule has 1 aliphatic heterocycles. The predicted molar refractivity (Wildman–Crippen MR) is 77.6 cm³/mol. The zero-order chi connectivity index (χ0) is 16.1. The van der Waals surface area contributed by atoms with E-state index in [4.69, 9.17) is 30.9 Å². The number of benzene rings is 1. The van der Waals surface area contributed by atoms with Crippen molar-refractivity contribution in [2.24, 2.45) is 0 Å². The van der Waals surface area contributed by atoms with E-state index in [2.05, 4.69) is 5.32 Å². The van der Waals surface area contributed by atoms with Gasteiger partial charge < -0.3 is 24.6 Å². The minimum atomic E-state index is -1.13. The Morgan fingerprint density at radius 3 is 2.82 bits per heavy atom. The molecule has 0 aromatic heterocycles. The molecule has 2 N–H and O–H groups in total. The zero-order valence-electron chi connectivity index (χ0n) is 11.9. The van der Waals surface area contributed by atoms with Gasteiger partial charge in [0.2, 0.25) is 5.91 Å². The molecule has 1 heterocycles. The van der Waals surface area contributed by atoms with Crippen LogP contribution in [0.25, 0.3) is 0 Å². The van der Waals surface area contributed by atoms with Crippen molar-refractivity contribution in [3.63, 3.8) is 0 Å². The van der Waals surface area contributed by atoms with Crippen LogP contribution in [0.2, 0.25) is 5.02 Å². The highest BCUT2D eigenvalue weighted by Crippen LogP contribution is 2.38. The molecule has 7 nitrogen and oxygen atoms in total. The third kappa shape index (κ3) is 4.02. The number of amides is 1. The van der Waals surface area contributed by atoms with Crippen molar-refractivity contribution in [3.05, 3.63) is 22.7 Å². The maximum atomic E-state index is 11.9. The van der Waals surface area contributed by atoms with E-state index in [9.17, 15) is 9.59 Å². The first kappa shape index (κ1) is 16.4. The number of ether oxygens (including phenoxy) is 3. The van der Waals surface area contributed by atoms with E-state index >= 15 is 0 Å². The van der Waals surface area contributed by atoms with Crippen LogP contribution >= 0.6 is 11.6 Å². The lowest BCUT2D eigenvalue weighted by Crippen LogP contribution is -2.38. The van der Waals surface area contributed by atoms with E-state index in [1.54, 1.807) is 12.1 Å². The summed E-state index contributed by atoms with van der Waals surface area (Å²) < 4.78 is 15.6. The van der Waals surface area contributed by atoms with Crippen LogP contribution in [-0.4, -0.2) is 50.0 Å². The molecule has 0 aliphatic carbocycles. The molecule has 0 bridgehead atoms. The Morgan fingerprint density at radius 2 is 2.14 bits per heavy atom. The monoisotopic (exact) mass is 329 g/mol. The van der Waals surface area contributed by atoms with Crippen LogP contribution < -0.4 is 14.8 Å². The molecule has 1 aromatic carbocycles. The van der Waals surface area contributed by atoms with Crippen molar-refractivity contribution in [1.29, 1.82) is 0 Å². The van der Waals surface area contributed by atoms with Crippen LogP contribution in [0, 0.1) is 0 Å². The van der Waals surface area contributed by atoms with E-state index in [0.717, 1.165) is 0 Å². The molecule has 1 aliphatic rings. The van der Waals surface area contributed by atoms with Crippen molar-refractivity contribution < 1.29 is 28.9 Å². The Morgan fingerprint density at radius 1 is 1.41 bits per heavy atom. The first-order valence-corrected chi connectivity index (χ1v) is 6.99. The van der Waals surface area contributed by atoms with Gasteiger partial charge >= 0.3 is 5.97 Å². The maximum absolute atomic E-state index is 11.9. The third-order valence-electron chi connectivity index (χ3n) is 3.07. The number of nitrogens with one attached hydrogen (secondary N) is 1. The molecule has 0 saturated carbocycles. The second kappa shape index (κ2) is 7.33. The molecular weight excluding hydrogens is 314 g/mol. The highest BCUT2D eigenvalue weighted by atomic mass is 35.5. The lowest BCUT2D eigenvalue weighted by Gasteiger charge is -2.20. The first-order chi connectivity index (χ1) is 10.5. The summed E-state index contributed by atoms with van der Waals surface area (Å²) in [5.41, 5.74) is 0.649. The highest BCUT2D eigenvalue weighted by molar-refractivity contribution is 6.32. The molecule has 1 amide bonds. The number of hydrogen-bond donors (Lipinski definition) is 2. The average Bonchev–Trinajstić information content (AvgIpc) is 2.47. The average molecular weight is 330 g/mol. The molecule has 1 aromatic rings. The first-order valence-electron chi connectivity index (χ1n) is 6.61. The third-order valence-corrected chi connectivity index (χ3v) is 3.35. The largest absolute Gasteiger partial charge is 0.486 e. The topological polar surface area (TPSA) is 94.1 Å². The summed E-state index contributed by atoms with van der Waals surface area (Å²) in [6, 6.07) is 3.31. The molecule has 2 rings (SSSR count). The van der Waals surface area contributed by atoms with Gasteiger partial charge in [-0.1, -0.05) is 11.6 Å². The van der Waals surface area contributed by atoms with Crippen LogP contribution in [0.3, 0.4) is 0 Å². The van der Waals surface area contributed by atoms with Gasteiger partial charge in [-0.05, 0) is 17.7 Å². The minimum Gasteiger partial charge on any atom is -0.486 e. The summed E-state index contributed by atoms with van der Waals surface area (Å²) in [7, 11) is 1.27. The van der Waals surface area contributed by atoms with E-state index < -0.39 is 12.1 Å². The molecule has 1 atom stereocenters. The molecule has 0 fully saturated rings. The molecule has 0 radical (unpaired) electrons. The van der Waals surface area contributed by atoms with Crippen LogP contribution in [0.15, 0.2) is 12.1 Å². The minimum absolute atomic E-state index is 0.0480. The van der Waals surface area contributed by atoms with E-state index in [-0.39, 0.29) is 18.9 Å². The molecule has 1 unspecified atom stereocenters. The zero-order valence-corrected chi connectivity index (χ0v) is 12.7. The van der Waals surface area contributed by atoms with Crippen LogP contribution in [0.4, 0.5) is 0 Å². The van der Waals surface area contributed by atoms with Gasteiger partial charge in [0.25, 0.3) is 0 Å². The number of carboxylic acids is 1. The predicted octanol–water partition coefficient (Wildman–Crippen LogP) is 0.869. The fraction of sp³-hybridized carbons (Fsp3) is 0.429. The van der Waals surface area contributed by atoms with E-state index in [0.29, 0.717) is 35.3 Å². The van der Waals surface area contributed by atoms with Crippen LogP contribution in [0.1, 0.15) is 5.56 Å². The Balaban J connectivity index is 1.97. The lowest BCUT2D eigenvalue weighted by atomic mass is 10.1. The van der Waals surface area contributed by atoms with Crippen molar-refractivity contribution in [1.82, 2.24) is 5.32 Å². The summed E-state index contributed by atoms with van der Waals surface area (Å²) in [5, 5.41) is 11.7. The van der Waals surface area contributed by atoms with Crippen LogP contribution in [-0.2, 0) is 20.7 Å². The highest BCUT2D eigenvalue weighted by Gasteiger charge is 2.19. The van der Waals surface area contributed by atoms with Crippen molar-refractivity contribution in [2.45, 2.75) is 12.5 Å². The van der Waals surface area contributed by atoms with Crippen LogP contribution in [0.5, 0.6) is 11.5 Å². The number of hydrogen-bond acceptors (Lipinski definition) is 5. The number of rotatable bonds is 6. The number of methoxy groups -OCH3 is 1. The molecule has 0 saturated heterocycles. The number of fused-ring (bicyclic) bond motifs is 1. The van der Waals surface area contributed by atoms with Gasteiger partial charge in [-0.15, -0.1) is 0 Å². The van der Waals surface area contributed by atoms with Gasteiger partial charge in [-0.25, -0.2) is 4.79 Å². The van der Waals surface area contributed by atoms with E-state index in [1.807, 2.05) is 0 Å². The molecule has 120 valence electrons. The number of aliphatic carboxylic acids is 1. The Bertz CT molecular complexity index is 577. The Labute approximate surface area is 132 Å². The summed E-state index contributed by atoms with van der Waals surface area (Å²) in [5.74, 6) is -0.495. The Kier molecular flexibility index (Phi) is 5.46. The fourth-order valence-electron chi connectivity index (χ4n) is 1.99. The number of carboxylic acid groups (broad SMARTS) is 1. The molecule has 8 heteroatoms. The molecule has 22 heavy (non-hydrogen) atoms. The second-order valence-electron chi connectivity index (χ2n) is 4.65. The summed E-state index contributed by atoms with van der Waals surface area (Å²) in [6.45, 7) is 0.746. The standard InChI is InChI=1S/C14H16ClNO6/c1-20-11(14(18)19)7-16-12(17)6-8-4-9(15)13-10(5-8)21-2-3-22-13/h4-5,11H,2-3,6-7H2,1H3,(H,16,17)(H,18,19). The fourth-order valence-corrected chi connectivity index (χ4v) is 2.28. The van der Waals surface area contributed by atoms with E-state index in [1.165, 1.54) is 7.11 Å². The quantitative estimate of drug-likeness (QED) is 0.804. The number of carbonyl (C=O) groups is 2. The van der Waals surface area contributed by atoms with Gasteiger partial charge in [0.05, 0.1) is 18.0 Å². The second-order valence-corrected chi connectivity index (χ2v) is 5.05. The van der Waals surface area contributed by atoms with Gasteiger partial charge in [-0.2, -0.15) is 0 Å². The maximum Gasteiger partial charge on any atom is 0.334 e. The van der Waals surface area contributed by atoms with Gasteiger partial charge in [-0.3, -0.25) is 4.79 Å². The van der Waals surface area contributed by atoms with Crippen molar-refractivity contribution in [2.75, 3.05) is 26.9 Å². The normalized spacial score (nSPS) is 14.3. The smallest absolute Gasteiger partial charge is 0.334 e. The van der Waals surface area contributed by atoms with Crippen molar-refractivity contribution in [3.8, 4) is 11.5 Å². The summed E-state index contributed by atoms with van der Waals surface area (Å²) in [6.07, 6.45) is -1.03. The SMILES string of the molecule is COC(CNC(=O)Cc1cc(Cl)c2c(c1)OCCO2)C(=O)O. The number of halogens is 1. The molecular formula is C14H16ClNO6. The summed E-state index contributed by atoms with van der Waals surface area (Å²) in [4.78, 5) is 22.6. The number of carbonyl (C=O) groups excluding carboxylic acids is 1. The Hall–Kier alpha value is -1.99. The van der Waals surface area contributed by atoms with Gasteiger partial charge in [0.15, 0.2) is 17.6 Å².